The van der Waals surface area contributed by atoms with Gasteiger partial charge in [0.1, 0.15) is 0 Å². The molecule has 0 atom stereocenters. The number of hydrogen-bond acceptors (Lipinski definition) is 7. The van der Waals surface area contributed by atoms with Crippen LogP contribution in [0.4, 0.5) is 23.5 Å². The maximum atomic E-state index is 5.31. The van der Waals surface area contributed by atoms with E-state index in [1.54, 1.807) is 0 Å². The molecule has 0 radical (unpaired) electrons. The average Bonchev–Trinajstić information content (AvgIpc) is 2.58. The zero-order valence-corrected chi connectivity index (χ0v) is 13.7. The quantitative estimate of drug-likeness (QED) is 0.581. The minimum atomic E-state index is 0.503. The number of aromatic nitrogens is 3. The fraction of sp³-hybridized carbons (Fsp3) is 0.438. The molecule has 0 spiro atoms. The standard InChI is InChI=1S/C16H24N6O/c1-3-10-17-14-20-15(18-11-12-23-4-2)22-16(21-14)19-13-8-6-5-7-9-13/h5-9H,3-4,10-12H2,1-2H3,(H3,17,18,19,20,21,22). The molecule has 0 unspecified atom stereocenters. The Balaban J connectivity index is 2.08. The summed E-state index contributed by atoms with van der Waals surface area (Å²) in [6, 6.07) is 9.81. The predicted molar refractivity (Wildman–Crippen MR) is 93.3 cm³/mol. The molecule has 2 rings (SSSR count). The van der Waals surface area contributed by atoms with Crippen LogP contribution in [-0.4, -0.2) is 41.3 Å². The molecule has 23 heavy (non-hydrogen) atoms. The monoisotopic (exact) mass is 316 g/mol. The van der Waals surface area contributed by atoms with Crippen molar-refractivity contribution in [2.24, 2.45) is 0 Å². The van der Waals surface area contributed by atoms with E-state index in [2.05, 4.69) is 37.8 Å². The molecule has 0 fully saturated rings. The van der Waals surface area contributed by atoms with Gasteiger partial charge in [-0.15, -0.1) is 0 Å². The van der Waals surface area contributed by atoms with E-state index >= 15 is 0 Å². The molecule has 2 aromatic rings. The molecule has 7 heteroatoms. The first-order valence-electron chi connectivity index (χ1n) is 7.95. The minimum absolute atomic E-state index is 0.503. The molecule has 0 amide bonds. The van der Waals surface area contributed by atoms with Crippen LogP contribution in [0.25, 0.3) is 0 Å². The highest BCUT2D eigenvalue weighted by atomic mass is 16.5. The SMILES string of the molecule is CCCNc1nc(NCCOCC)nc(Nc2ccccc2)n1. The lowest BCUT2D eigenvalue weighted by Gasteiger charge is -2.11. The van der Waals surface area contributed by atoms with Crippen LogP contribution < -0.4 is 16.0 Å². The summed E-state index contributed by atoms with van der Waals surface area (Å²) < 4.78 is 5.31. The third-order valence-corrected chi connectivity index (χ3v) is 2.93. The molecule has 0 saturated carbocycles. The highest BCUT2D eigenvalue weighted by Crippen LogP contribution is 2.15. The van der Waals surface area contributed by atoms with Crippen molar-refractivity contribution in [3.63, 3.8) is 0 Å². The molecule has 0 bridgehead atoms. The lowest BCUT2D eigenvalue weighted by molar-refractivity contribution is 0.158. The molecule has 7 nitrogen and oxygen atoms in total. The van der Waals surface area contributed by atoms with E-state index in [1.807, 2.05) is 37.3 Å². The minimum Gasteiger partial charge on any atom is -0.380 e. The van der Waals surface area contributed by atoms with E-state index < -0.39 is 0 Å². The first-order chi connectivity index (χ1) is 11.3. The second-order valence-corrected chi connectivity index (χ2v) is 4.85. The second kappa shape index (κ2) is 9.58. The normalized spacial score (nSPS) is 10.3. The Morgan fingerprint density at radius 3 is 2.17 bits per heavy atom. The van der Waals surface area contributed by atoms with Crippen LogP contribution in [-0.2, 0) is 4.74 Å². The predicted octanol–water partition coefficient (Wildman–Crippen LogP) is 2.89. The van der Waals surface area contributed by atoms with E-state index in [9.17, 15) is 0 Å². The highest BCUT2D eigenvalue weighted by Gasteiger charge is 2.06. The molecule has 124 valence electrons. The first kappa shape index (κ1) is 17.0. The summed E-state index contributed by atoms with van der Waals surface area (Å²) in [5.41, 5.74) is 0.931. The highest BCUT2D eigenvalue weighted by molar-refractivity contribution is 5.55. The van der Waals surface area contributed by atoms with Gasteiger partial charge < -0.3 is 20.7 Å². The zero-order valence-electron chi connectivity index (χ0n) is 13.7. The van der Waals surface area contributed by atoms with E-state index in [-0.39, 0.29) is 0 Å². The average molecular weight is 316 g/mol. The first-order valence-corrected chi connectivity index (χ1v) is 7.95. The van der Waals surface area contributed by atoms with E-state index in [1.165, 1.54) is 0 Å². The van der Waals surface area contributed by atoms with Gasteiger partial charge in [0, 0.05) is 25.4 Å². The van der Waals surface area contributed by atoms with E-state index in [0.29, 0.717) is 37.6 Å². The summed E-state index contributed by atoms with van der Waals surface area (Å²) in [7, 11) is 0. The molecule has 0 aliphatic heterocycles. The molecule has 0 aliphatic rings. The molecule has 1 aromatic heterocycles. The van der Waals surface area contributed by atoms with Crippen molar-refractivity contribution in [1.82, 2.24) is 15.0 Å². The van der Waals surface area contributed by atoms with Crippen molar-refractivity contribution in [1.29, 1.82) is 0 Å². The van der Waals surface area contributed by atoms with Crippen LogP contribution in [0, 0.1) is 0 Å². The molecule has 0 saturated heterocycles. The Kier molecular flexibility index (Phi) is 7.06. The van der Waals surface area contributed by atoms with Gasteiger partial charge in [0.05, 0.1) is 6.61 Å². The van der Waals surface area contributed by atoms with Crippen molar-refractivity contribution in [3.8, 4) is 0 Å². The van der Waals surface area contributed by atoms with Crippen LogP contribution >= 0.6 is 0 Å². The number of nitrogens with zero attached hydrogens (tertiary/aromatic N) is 3. The Hall–Kier alpha value is -2.41. The molecule has 3 N–H and O–H groups in total. The van der Waals surface area contributed by atoms with Crippen molar-refractivity contribution in [2.45, 2.75) is 20.3 Å². The number of anilines is 4. The number of nitrogens with one attached hydrogen (secondary N) is 3. The van der Waals surface area contributed by atoms with Gasteiger partial charge in [0.25, 0.3) is 0 Å². The summed E-state index contributed by atoms with van der Waals surface area (Å²) in [6.07, 6.45) is 1.00. The smallest absolute Gasteiger partial charge is 0.233 e. The van der Waals surface area contributed by atoms with Gasteiger partial charge in [0.2, 0.25) is 17.8 Å². The summed E-state index contributed by atoms with van der Waals surface area (Å²) in [4.78, 5) is 13.2. The Morgan fingerprint density at radius 1 is 0.870 bits per heavy atom. The number of para-hydroxylation sites is 1. The zero-order chi connectivity index (χ0) is 16.3. The van der Waals surface area contributed by atoms with Crippen LogP contribution in [0.2, 0.25) is 0 Å². The maximum absolute atomic E-state index is 5.31. The lowest BCUT2D eigenvalue weighted by Crippen LogP contribution is -2.14. The summed E-state index contributed by atoms with van der Waals surface area (Å²) >= 11 is 0. The largest absolute Gasteiger partial charge is 0.380 e. The van der Waals surface area contributed by atoms with Crippen molar-refractivity contribution in [2.75, 3.05) is 42.3 Å². The van der Waals surface area contributed by atoms with E-state index in [4.69, 9.17) is 4.74 Å². The molecular weight excluding hydrogens is 292 g/mol. The molecule has 0 aliphatic carbocycles. The van der Waals surface area contributed by atoms with Crippen LogP contribution in [0.15, 0.2) is 30.3 Å². The number of hydrogen-bond donors (Lipinski definition) is 3. The van der Waals surface area contributed by atoms with Gasteiger partial charge in [-0.25, -0.2) is 0 Å². The van der Waals surface area contributed by atoms with Gasteiger partial charge in [-0.1, -0.05) is 25.1 Å². The Bertz CT molecular complexity index is 578. The van der Waals surface area contributed by atoms with Crippen LogP contribution in [0.1, 0.15) is 20.3 Å². The fourth-order valence-electron chi connectivity index (χ4n) is 1.86. The number of benzene rings is 1. The van der Waals surface area contributed by atoms with Gasteiger partial charge in [0.15, 0.2) is 0 Å². The Labute approximate surface area is 136 Å². The van der Waals surface area contributed by atoms with Gasteiger partial charge in [-0.2, -0.15) is 15.0 Å². The molecule has 1 aromatic carbocycles. The third-order valence-electron chi connectivity index (χ3n) is 2.93. The summed E-state index contributed by atoms with van der Waals surface area (Å²) in [5.74, 6) is 1.58. The van der Waals surface area contributed by atoms with Crippen molar-refractivity contribution < 1.29 is 4.74 Å². The fourth-order valence-corrected chi connectivity index (χ4v) is 1.86. The number of rotatable bonds is 10. The lowest BCUT2D eigenvalue weighted by atomic mass is 10.3. The maximum Gasteiger partial charge on any atom is 0.233 e. The van der Waals surface area contributed by atoms with Crippen molar-refractivity contribution >= 4 is 23.5 Å². The van der Waals surface area contributed by atoms with Crippen molar-refractivity contribution in [3.05, 3.63) is 30.3 Å². The number of ether oxygens (including phenoxy) is 1. The topological polar surface area (TPSA) is 84.0 Å². The summed E-state index contributed by atoms with van der Waals surface area (Å²) in [5, 5.41) is 9.53. The molecule has 1 heterocycles. The van der Waals surface area contributed by atoms with E-state index in [0.717, 1.165) is 18.7 Å². The van der Waals surface area contributed by atoms with Gasteiger partial charge in [-0.05, 0) is 25.5 Å². The van der Waals surface area contributed by atoms with Gasteiger partial charge >= 0.3 is 0 Å². The van der Waals surface area contributed by atoms with Gasteiger partial charge in [-0.3, -0.25) is 0 Å². The Morgan fingerprint density at radius 2 is 1.52 bits per heavy atom. The van der Waals surface area contributed by atoms with Crippen LogP contribution in [0.5, 0.6) is 0 Å². The molecular formula is C16H24N6O. The third kappa shape index (κ3) is 6.07. The summed E-state index contributed by atoms with van der Waals surface area (Å²) in [6.45, 7) is 6.84. The second-order valence-electron chi connectivity index (χ2n) is 4.85. The van der Waals surface area contributed by atoms with Crippen LogP contribution in [0.3, 0.4) is 0 Å².